The van der Waals surface area contributed by atoms with E-state index in [-0.39, 0.29) is 0 Å². The van der Waals surface area contributed by atoms with Crippen molar-refractivity contribution in [2.45, 2.75) is 32.5 Å². The molecule has 0 radical (unpaired) electrons. The van der Waals surface area contributed by atoms with Crippen LogP contribution in [0.3, 0.4) is 0 Å². The monoisotopic (exact) mass is 410 g/mol. The third-order valence-electron chi connectivity index (χ3n) is 5.19. The lowest BCUT2D eigenvalue weighted by atomic mass is 10.1. The van der Waals surface area contributed by atoms with Gasteiger partial charge >= 0.3 is 0 Å². The first-order valence-electron chi connectivity index (χ1n) is 10.9. The van der Waals surface area contributed by atoms with Crippen molar-refractivity contribution in [2.24, 2.45) is 4.99 Å². The molecule has 0 spiro atoms. The van der Waals surface area contributed by atoms with Crippen LogP contribution in [-0.2, 0) is 17.8 Å². The molecule has 0 bridgehead atoms. The Labute approximate surface area is 180 Å². The van der Waals surface area contributed by atoms with E-state index in [1.165, 1.54) is 11.1 Å². The first-order chi connectivity index (χ1) is 14.7. The fraction of sp³-hybridized carbons (Fsp3) is 0.458. The summed E-state index contributed by atoms with van der Waals surface area (Å²) in [7, 11) is 0. The quantitative estimate of drug-likeness (QED) is 0.438. The van der Waals surface area contributed by atoms with E-state index < -0.39 is 6.10 Å². The Bertz CT molecular complexity index is 759. The lowest BCUT2D eigenvalue weighted by Crippen LogP contribution is -2.38. The average Bonchev–Trinajstić information content (AvgIpc) is 2.79. The number of hydrogen-bond acceptors (Lipinski definition) is 4. The van der Waals surface area contributed by atoms with Crippen LogP contribution in [0.4, 0.5) is 0 Å². The van der Waals surface area contributed by atoms with Crippen molar-refractivity contribution in [1.82, 2.24) is 15.5 Å². The third kappa shape index (κ3) is 7.44. The summed E-state index contributed by atoms with van der Waals surface area (Å²) in [6, 6.07) is 18.4. The maximum Gasteiger partial charge on any atom is 0.191 e. The minimum atomic E-state index is -0.472. The van der Waals surface area contributed by atoms with E-state index in [9.17, 15) is 5.11 Å². The van der Waals surface area contributed by atoms with E-state index in [4.69, 9.17) is 4.74 Å². The molecule has 0 amide bonds. The van der Waals surface area contributed by atoms with Gasteiger partial charge in [-0.15, -0.1) is 0 Å². The maximum atomic E-state index is 10.3. The Hall–Kier alpha value is -2.41. The smallest absolute Gasteiger partial charge is 0.191 e. The highest BCUT2D eigenvalue weighted by Crippen LogP contribution is 2.15. The van der Waals surface area contributed by atoms with Crippen molar-refractivity contribution < 1.29 is 9.84 Å². The highest BCUT2D eigenvalue weighted by atomic mass is 16.5. The van der Waals surface area contributed by atoms with Crippen molar-refractivity contribution in [3.8, 4) is 0 Å². The second kappa shape index (κ2) is 12.3. The zero-order valence-electron chi connectivity index (χ0n) is 17.9. The summed E-state index contributed by atoms with van der Waals surface area (Å²) in [5.41, 5.74) is 3.45. The Morgan fingerprint density at radius 3 is 2.43 bits per heavy atom. The van der Waals surface area contributed by atoms with E-state index in [1.54, 1.807) is 0 Å². The molecule has 1 aliphatic rings. The Morgan fingerprint density at radius 1 is 1.03 bits per heavy atom. The summed E-state index contributed by atoms with van der Waals surface area (Å²) in [6.07, 6.45) is 0.158. The number of rotatable bonds is 9. The molecule has 2 aromatic rings. The molecule has 3 N–H and O–H groups in total. The molecule has 1 aliphatic heterocycles. The summed E-state index contributed by atoms with van der Waals surface area (Å²) < 4.78 is 5.41. The first-order valence-corrected chi connectivity index (χ1v) is 10.9. The topological polar surface area (TPSA) is 69.1 Å². The lowest BCUT2D eigenvalue weighted by molar-refractivity contribution is 0.0342. The molecule has 0 aliphatic carbocycles. The molecule has 1 unspecified atom stereocenters. The standard InChI is InChI=1S/C24H34N4O2/c1-2-25-24(26-13-12-23(29)22-6-4-3-5-7-22)27-18-20-8-10-21(11-9-20)19-28-14-16-30-17-15-28/h3-11,23,29H,2,12-19H2,1H3,(H2,25,26,27). The van der Waals surface area contributed by atoms with Crippen LogP contribution >= 0.6 is 0 Å². The van der Waals surface area contributed by atoms with Crippen LogP contribution in [0.1, 0.15) is 36.1 Å². The maximum absolute atomic E-state index is 10.3. The predicted molar refractivity (Wildman–Crippen MR) is 121 cm³/mol. The molecule has 1 heterocycles. The largest absolute Gasteiger partial charge is 0.388 e. The molecular weight excluding hydrogens is 376 g/mol. The minimum absolute atomic E-state index is 0.472. The summed E-state index contributed by atoms with van der Waals surface area (Å²) in [5.74, 6) is 0.773. The summed E-state index contributed by atoms with van der Waals surface area (Å²) >= 11 is 0. The molecule has 162 valence electrons. The fourth-order valence-electron chi connectivity index (χ4n) is 3.45. The normalized spacial score (nSPS) is 16.3. The van der Waals surface area contributed by atoms with Gasteiger partial charge in [-0.25, -0.2) is 4.99 Å². The molecule has 30 heavy (non-hydrogen) atoms. The van der Waals surface area contributed by atoms with Gasteiger partial charge in [0.15, 0.2) is 5.96 Å². The SMILES string of the molecule is CCNC(=NCc1ccc(CN2CCOCC2)cc1)NCCC(O)c1ccccc1. The summed E-state index contributed by atoms with van der Waals surface area (Å²) in [4.78, 5) is 7.11. The van der Waals surface area contributed by atoms with Gasteiger partial charge in [-0.2, -0.15) is 0 Å². The van der Waals surface area contributed by atoms with Crippen LogP contribution in [0.25, 0.3) is 0 Å². The van der Waals surface area contributed by atoms with Crippen LogP contribution in [0, 0.1) is 0 Å². The third-order valence-corrected chi connectivity index (χ3v) is 5.19. The fourth-order valence-corrected chi connectivity index (χ4v) is 3.45. The Morgan fingerprint density at radius 2 is 1.73 bits per heavy atom. The zero-order chi connectivity index (χ0) is 21.0. The number of nitrogens with one attached hydrogen (secondary N) is 2. The van der Waals surface area contributed by atoms with E-state index >= 15 is 0 Å². The first kappa shape index (κ1) is 22.3. The number of aliphatic hydroxyl groups is 1. The Balaban J connectivity index is 1.46. The molecule has 2 aromatic carbocycles. The summed E-state index contributed by atoms with van der Waals surface area (Å²) in [5, 5.41) is 16.9. The van der Waals surface area contributed by atoms with Crippen molar-refractivity contribution in [1.29, 1.82) is 0 Å². The van der Waals surface area contributed by atoms with Crippen LogP contribution in [-0.4, -0.2) is 55.4 Å². The van der Waals surface area contributed by atoms with Crippen LogP contribution in [0.2, 0.25) is 0 Å². The molecular formula is C24H34N4O2. The van der Waals surface area contributed by atoms with Gasteiger partial charge in [0.1, 0.15) is 0 Å². The van der Waals surface area contributed by atoms with Gasteiger partial charge < -0.3 is 20.5 Å². The van der Waals surface area contributed by atoms with Crippen LogP contribution < -0.4 is 10.6 Å². The highest BCUT2D eigenvalue weighted by Gasteiger charge is 2.10. The molecule has 3 rings (SSSR count). The van der Waals surface area contributed by atoms with Crippen molar-refractivity contribution in [3.05, 3.63) is 71.3 Å². The second-order valence-electron chi connectivity index (χ2n) is 7.54. The number of morpholine rings is 1. The van der Waals surface area contributed by atoms with Crippen molar-refractivity contribution in [3.63, 3.8) is 0 Å². The number of aliphatic imine (C=N–C) groups is 1. The van der Waals surface area contributed by atoms with E-state index in [0.717, 1.165) is 50.9 Å². The average molecular weight is 411 g/mol. The van der Waals surface area contributed by atoms with Gasteiger partial charge in [-0.3, -0.25) is 4.90 Å². The number of guanidine groups is 1. The number of hydrogen-bond donors (Lipinski definition) is 3. The molecule has 6 heteroatoms. The van der Waals surface area contributed by atoms with Gasteiger partial charge in [0.25, 0.3) is 0 Å². The minimum Gasteiger partial charge on any atom is -0.388 e. The van der Waals surface area contributed by atoms with Crippen LogP contribution in [0.5, 0.6) is 0 Å². The van der Waals surface area contributed by atoms with E-state index in [1.807, 2.05) is 30.3 Å². The predicted octanol–water partition coefficient (Wildman–Crippen LogP) is 2.70. The van der Waals surface area contributed by atoms with Gasteiger partial charge in [0, 0.05) is 32.7 Å². The van der Waals surface area contributed by atoms with Gasteiger partial charge in [-0.1, -0.05) is 54.6 Å². The van der Waals surface area contributed by atoms with Gasteiger partial charge in [-0.05, 0) is 30.0 Å². The molecule has 0 saturated carbocycles. The van der Waals surface area contributed by atoms with Crippen LogP contribution in [0.15, 0.2) is 59.6 Å². The number of ether oxygens (including phenoxy) is 1. The van der Waals surface area contributed by atoms with E-state index in [0.29, 0.717) is 19.5 Å². The number of nitrogens with zero attached hydrogens (tertiary/aromatic N) is 2. The molecule has 1 atom stereocenters. The Kier molecular flexibility index (Phi) is 9.15. The van der Waals surface area contributed by atoms with Crippen molar-refractivity contribution >= 4 is 5.96 Å². The van der Waals surface area contributed by atoms with Crippen molar-refractivity contribution in [2.75, 3.05) is 39.4 Å². The molecule has 1 fully saturated rings. The van der Waals surface area contributed by atoms with Gasteiger partial charge in [0.05, 0.1) is 25.9 Å². The lowest BCUT2D eigenvalue weighted by Gasteiger charge is -2.26. The zero-order valence-corrected chi connectivity index (χ0v) is 17.9. The number of aliphatic hydroxyl groups excluding tert-OH is 1. The molecule has 1 saturated heterocycles. The number of benzene rings is 2. The highest BCUT2D eigenvalue weighted by molar-refractivity contribution is 5.79. The van der Waals surface area contributed by atoms with E-state index in [2.05, 4.69) is 51.7 Å². The molecule has 0 aromatic heterocycles. The molecule has 6 nitrogen and oxygen atoms in total. The summed E-state index contributed by atoms with van der Waals surface area (Å²) in [6.45, 7) is 8.76. The second-order valence-corrected chi connectivity index (χ2v) is 7.54. The van der Waals surface area contributed by atoms with Gasteiger partial charge in [0.2, 0.25) is 0 Å².